The van der Waals surface area contributed by atoms with Crippen molar-refractivity contribution in [1.82, 2.24) is 4.90 Å². The fourth-order valence-electron chi connectivity index (χ4n) is 2.56. The SMILES string of the molecule is CCN(CC(=O)Nc1ccc(C(N)=O)cc1)Cc1ccc(N(C)C)cc1. The Morgan fingerprint density at radius 2 is 1.62 bits per heavy atom. The fourth-order valence-corrected chi connectivity index (χ4v) is 2.56. The molecule has 0 aliphatic carbocycles. The third kappa shape index (κ3) is 5.60. The van der Waals surface area contributed by atoms with Crippen molar-refractivity contribution in [2.45, 2.75) is 13.5 Å². The third-order valence-electron chi connectivity index (χ3n) is 4.13. The molecule has 2 aromatic rings. The molecule has 0 spiro atoms. The van der Waals surface area contributed by atoms with E-state index in [-0.39, 0.29) is 5.91 Å². The smallest absolute Gasteiger partial charge is 0.248 e. The van der Waals surface area contributed by atoms with Crippen LogP contribution in [0, 0.1) is 0 Å². The maximum absolute atomic E-state index is 12.3. The Morgan fingerprint density at radius 1 is 1.00 bits per heavy atom. The second-order valence-corrected chi connectivity index (χ2v) is 6.35. The lowest BCUT2D eigenvalue weighted by Crippen LogP contribution is -2.32. The molecule has 0 heterocycles. The maximum atomic E-state index is 12.3. The number of amides is 2. The van der Waals surface area contributed by atoms with Crippen LogP contribution in [-0.4, -0.2) is 43.9 Å². The number of hydrogen-bond donors (Lipinski definition) is 2. The van der Waals surface area contributed by atoms with Gasteiger partial charge in [0.05, 0.1) is 6.54 Å². The Hall–Kier alpha value is -2.86. The van der Waals surface area contributed by atoms with Crippen molar-refractivity contribution < 1.29 is 9.59 Å². The highest BCUT2D eigenvalue weighted by atomic mass is 16.2. The van der Waals surface area contributed by atoms with Gasteiger partial charge in [0.15, 0.2) is 0 Å². The van der Waals surface area contributed by atoms with E-state index in [0.29, 0.717) is 24.3 Å². The van der Waals surface area contributed by atoms with Crippen molar-refractivity contribution >= 4 is 23.2 Å². The summed E-state index contributed by atoms with van der Waals surface area (Å²) in [5.41, 5.74) is 8.58. The van der Waals surface area contributed by atoms with E-state index in [9.17, 15) is 9.59 Å². The molecule has 0 fully saturated rings. The van der Waals surface area contributed by atoms with Crippen LogP contribution in [0.1, 0.15) is 22.8 Å². The predicted molar refractivity (Wildman–Crippen MR) is 105 cm³/mol. The molecule has 2 aromatic carbocycles. The summed E-state index contributed by atoms with van der Waals surface area (Å²) >= 11 is 0. The molecule has 0 unspecified atom stereocenters. The number of benzene rings is 2. The number of carbonyl (C=O) groups is 2. The highest BCUT2D eigenvalue weighted by Gasteiger charge is 2.11. The first kappa shape index (κ1) is 19.5. The van der Waals surface area contributed by atoms with Crippen LogP contribution in [0.4, 0.5) is 11.4 Å². The van der Waals surface area contributed by atoms with Gasteiger partial charge in [-0.05, 0) is 48.5 Å². The summed E-state index contributed by atoms with van der Waals surface area (Å²) in [5.74, 6) is -0.580. The zero-order valence-electron chi connectivity index (χ0n) is 15.5. The van der Waals surface area contributed by atoms with Crippen molar-refractivity contribution in [1.29, 1.82) is 0 Å². The first-order valence-corrected chi connectivity index (χ1v) is 8.57. The number of anilines is 2. The molecule has 6 nitrogen and oxygen atoms in total. The third-order valence-corrected chi connectivity index (χ3v) is 4.13. The van der Waals surface area contributed by atoms with E-state index >= 15 is 0 Å². The number of likely N-dealkylation sites (N-methyl/N-ethyl adjacent to an activating group) is 1. The lowest BCUT2D eigenvalue weighted by Gasteiger charge is -2.20. The van der Waals surface area contributed by atoms with Gasteiger partial charge in [-0.3, -0.25) is 14.5 Å². The second-order valence-electron chi connectivity index (χ2n) is 6.35. The number of primary amides is 1. The minimum absolute atomic E-state index is 0.0939. The van der Waals surface area contributed by atoms with E-state index in [2.05, 4.69) is 39.4 Å². The quantitative estimate of drug-likeness (QED) is 0.762. The average Bonchev–Trinajstić information content (AvgIpc) is 2.62. The molecule has 0 aliphatic heterocycles. The van der Waals surface area contributed by atoms with Gasteiger partial charge in [0.2, 0.25) is 11.8 Å². The Balaban J connectivity index is 1.91. The van der Waals surface area contributed by atoms with Gasteiger partial charge in [-0.15, -0.1) is 0 Å². The highest BCUT2D eigenvalue weighted by molar-refractivity contribution is 5.95. The van der Waals surface area contributed by atoms with Crippen LogP contribution in [0.2, 0.25) is 0 Å². The lowest BCUT2D eigenvalue weighted by molar-refractivity contribution is -0.117. The summed E-state index contributed by atoms with van der Waals surface area (Å²) in [6.45, 7) is 3.80. The van der Waals surface area contributed by atoms with Crippen molar-refractivity contribution in [2.24, 2.45) is 5.73 Å². The second kappa shape index (κ2) is 9.01. The minimum atomic E-state index is -0.486. The Kier molecular flexibility index (Phi) is 6.74. The van der Waals surface area contributed by atoms with E-state index in [1.807, 2.05) is 21.0 Å². The van der Waals surface area contributed by atoms with Crippen LogP contribution < -0.4 is 16.0 Å². The van der Waals surface area contributed by atoms with Gasteiger partial charge in [-0.1, -0.05) is 19.1 Å². The zero-order valence-corrected chi connectivity index (χ0v) is 15.5. The van der Waals surface area contributed by atoms with Crippen LogP contribution in [-0.2, 0) is 11.3 Å². The number of carbonyl (C=O) groups excluding carboxylic acids is 2. The van der Waals surface area contributed by atoms with Gasteiger partial charge >= 0.3 is 0 Å². The minimum Gasteiger partial charge on any atom is -0.378 e. The molecule has 0 atom stereocenters. The van der Waals surface area contributed by atoms with Gasteiger partial charge in [-0.25, -0.2) is 0 Å². The van der Waals surface area contributed by atoms with Gasteiger partial charge in [0.25, 0.3) is 0 Å². The standard InChI is InChI=1S/C20H26N4O2/c1-4-24(13-15-5-11-18(12-6-15)23(2)3)14-19(25)22-17-9-7-16(8-10-17)20(21)26/h5-12H,4,13-14H2,1-3H3,(H2,21,26)(H,22,25). The van der Waals surface area contributed by atoms with Crippen LogP contribution in [0.3, 0.4) is 0 Å². The Labute approximate surface area is 154 Å². The normalized spacial score (nSPS) is 10.6. The number of nitrogens with zero attached hydrogens (tertiary/aromatic N) is 2. The molecule has 138 valence electrons. The van der Waals surface area contributed by atoms with Gasteiger partial charge in [0.1, 0.15) is 0 Å². The van der Waals surface area contributed by atoms with E-state index in [1.165, 1.54) is 0 Å². The number of nitrogens with two attached hydrogens (primary N) is 1. The van der Waals surface area contributed by atoms with Crippen LogP contribution in [0.15, 0.2) is 48.5 Å². The lowest BCUT2D eigenvalue weighted by atomic mass is 10.2. The molecule has 2 rings (SSSR count). The van der Waals surface area contributed by atoms with Gasteiger partial charge in [-0.2, -0.15) is 0 Å². The van der Waals surface area contributed by atoms with E-state index in [0.717, 1.165) is 17.8 Å². The number of nitrogens with one attached hydrogen (secondary N) is 1. The summed E-state index contributed by atoms with van der Waals surface area (Å²) in [7, 11) is 4.02. The molecular formula is C20H26N4O2. The molecule has 0 aromatic heterocycles. The van der Waals surface area contributed by atoms with Crippen LogP contribution >= 0.6 is 0 Å². The molecule has 6 heteroatoms. The maximum Gasteiger partial charge on any atom is 0.248 e. The predicted octanol–water partition coefficient (Wildman–Crippen LogP) is 2.31. The summed E-state index contributed by atoms with van der Waals surface area (Å²) in [6, 6.07) is 14.9. The molecule has 0 saturated heterocycles. The highest BCUT2D eigenvalue weighted by Crippen LogP contribution is 2.14. The van der Waals surface area contributed by atoms with Crippen molar-refractivity contribution in [3.8, 4) is 0 Å². The van der Waals surface area contributed by atoms with Crippen LogP contribution in [0.25, 0.3) is 0 Å². The first-order chi connectivity index (χ1) is 12.4. The summed E-state index contributed by atoms with van der Waals surface area (Å²) < 4.78 is 0. The Bertz CT molecular complexity index is 739. The first-order valence-electron chi connectivity index (χ1n) is 8.57. The van der Waals surface area contributed by atoms with Crippen molar-refractivity contribution in [3.63, 3.8) is 0 Å². The topological polar surface area (TPSA) is 78.7 Å². The van der Waals surface area contributed by atoms with E-state index < -0.39 is 5.91 Å². The molecule has 0 bridgehead atoms. The van der Waals surface area contributed by atoms with Crippen molar-refractivity contribution in [2.75, 3.05) is 37.4 Å². The van der Waals surface area contributed by atoms with E-state index in [4.69, 9.17) is 5.73 Å². The summed E-state index contributed by atoms with van der Waals surface area (Å²) in [5, 5.41) is 2.84. The van der Waals surface area contributed by atoms with Gasteiger partial charge in [0, 0.05) is 37.6 Å². The molecule has 0 radical (unpaired) electrons. The fraction of sp³-hybridized carbons (Fsp3) is 0.300. The monoisotopic (exact) mass is 354 g/mol. The van der Waals surface area contributed by atoms with Crippen molar-refractivity contribution in [3.05, 3.63) is 59.7 Å². The zero-order chi connectivity index (χ0) is 19.1. The van der Waals surface area contributed by atoms with E-state index in [1.54, 1.807) is 24.3 Å². The molecule has 0 aliphatic rings. The molecule has 26 heavy (non-hydrogen) atoms. The number of hydrogen-bond acceptors (Lipinski definition) is 4. The molecule has 3 N–H and O–H groups in total. The summed E-state index contributed by atoms with van der Waals surface area (Å²) in [4.78, 5) is 27.5. The molecule has 2 amide bonds. The van der Waals surface area contributed by atoms with Gasteiger partial charge < -0.3 is 16.0 Å². The molecule has 0 saturated carbocycles. The average molecular weight is 354 g/mol. The molecular weight excluding hydrogens is 328 g/mol. The number of rotatable bonds is 8. The summed E-state index contributed by atoms with van der Waals surface area (Å²) in [6.07, 6.45) is 0. The largest absolute Gasteiger partial charge is 0.378 e. The van der Waals surface area contributed by atoms with Crippen LogP contribution in [0.5, 0.6) is 0 Å². The Morgan fingerprint density at radius 3 is 2.12 bits per heavy atom.